The van der Waals surface area contributed by atoms with Crippen LogP contribution in [0.25, 0.3) is 0 Å². The fraction of sp³-hybridized carbons (Fsp3) is 0.235. The number of hydrogen-bond donors (Lipinski definition) is 2. The van der Waals surface area contributed by atoms with Crippen molar-refractivity contribution in [1.82, 2.24) is 5.32 Å². The van der Waals surface area contributed by atoms with Crippen LogP contribution in [0.15, 0.2) is 42.5 Å². The normalized spacial score (nSPS) is 16.4. The molecule has 0 spiro atoms. The van der Waals surface area contributed by atoms with Crippen molar-refractivity contribution < 1.29 is 4.79 Å². The Balaban J connectivity index is 1.87. The van der Waals surface area contributed by atoms with Gasteiger partial charge in [-0.05, 0) is 42.2 Å². The van der Waals surface area contributed by atoms with Crippen LogP contribution in [0.3, 0.4) is 0 Å². The van der Waals surface area contributed by atoms with Crippen LogP contribution in [-0.4, -0.2) is 13.0 Å². The molecule has 4 heteroatoms. The van der Waals surface area contributed by atoms with E-state index < -0.39 is 0 Å². The van der Waals surface area contributed by atoms with Gasteiger partial charge in [0, 0.05) is 12.6 Å². The minimum atomic E-state index is -0.110. The first kappa shape index (κ1) is 14.0. The number of fused-ring (bicyclic) bond motifs is 1. The molecule has 0 aliphatic heterocycles. The van der Waals surface area contributed by atoms with Gasteiger partial charge >= 0.3 is 0 Å². The fourth-order valence-electron chi connectivity index (χ4n) is 2.82. The third kappa shape index (κ3) is 2.74. The van der Waals surface area contributed by atoms with Crippen molar-refractivity contribution in [2.75, 3.05) is 12.4 Å². The highest BCUT2D eigenvalue weighted by atomic mass is 35.5. The van der Waals surface area contributed by atoms with E-state index in [2.05, 4.69) is 34.9 Å². The molecule has 0 fully saturated rings. The fourth-order valence-corrected chi connectivity index (χ4v) is 2.99. The summed E-state index contributed by atoms with van der Waals surface area (Å²) in [4.78, 5) is 11.7. The molecule has 3 rings (SSSR count). The van der Waals surface area contributed by atoms with Crippen LogP contribution in [0.2, 0.25) is 5.02 Å². The monoisotopic (exact) mass is 300 g/mol. The molecule has 1 aliphatic rings. The maximum atomic E-state index is 11.7. The zero-order valence-electron chi connectivity index (χ0n) is 11.8. The molecular weight excluding hydrogens is 284 g/mol. The van der Waals surface area contributed by atoms with E-state index in [-0.39, 0.29) is 11.9 Å². The van der Waals surface area contributed by atoms with E-state index in [1.54, 1.807) is 19.2 Å². The van der Waals surface area contributed by atoms with Crippen molar-refractivity contribution in [2.45, 2.75) is 18.9 Å². The van der Waals surface area contributed by atoms with Gasteiger partial charge in [0.2, 0.25) is 0 Å². The number of anilines is 1. The molecule has 108 valence electrons. The summed E-state index contributed by atoms with van der Waals surface area (Å²) in [6, 6.07) is 14.0. The van der Waals surface area contributed by atoms with E-state index in [9.17, 15) is 4.79 Å². The first-order valence-corrected chi connectivity index (χ1v) is 7.43. The van der Waals surface area contributed by atoms with Gasteiger partial charge in [-0.15, -0.1) is 0 Å². The summed E-state index contributed by atoms with van der Waals surface area (Å²) in [6.07, 6.45) is 2.11. The molecule has 3 nitrogen and oxygen atoms in total. The first-order valence-electron chi connectivity index (χ1n) is 7.05. The summed E-state index contributed by atoms with van der Waals surface area (Å²) in [6.45, 7) is 0. The molecule has 2 N–H and O–H groups in total. The quantitative estimate of drug-likeness (QED) is 0.905. The van der Waals surface area contributed by atoms with Crippen molar-refractivity contribution in [3.05, 3.63) is 64.2 Å². The lowest BCUT2D eigenvalue weighted by Gasteiger charge is -2.17. The molecule has 1 unspecified atom stereocenters. The highest BCUT2D eigenvalue weighted by Gasteiger charge is 2.22. The van der Waals surface area contributed by atoms with Crippen LogP contribution in [0, 0.1) is 0 Å². The van der Waals surface area contributed by atoms with Crippen LogP contribution >= 0.6 is 11.6 Å². The number of nitrogens with one attached hydrogen (secondary N) is 2. The predicted molar refractivity (Wildman–Crippen MR) is 86.0 cm³/mol. The van der Waals surface area contributed by atoms with Gasteiger partial charge in [0.1, 0.15) is 0 Å². The Bertz CT molecular complexity index is 684. The lowest BCUT2D eigenvalue weighted by Crippen LogP contribution is -2.18. The molecular formula is C17H17ClN2O. The molecule has 2 aromatic carbocycles. The van der Waals surface area contributed by atoms with E-state index in [1.165, 1.54) is 11.1 Å². The summed E-state index contributed by atoms with van der Waals surface area (Å²) >= 11 is 6.26. The van der Waals surface area contributed by atoms with Crippen molar-refractivity contribution in [1.29, 1.82) is 0 Å². The lowest BCUT2D eigenvalue weighted by molar-refractivity contribution is 0.0963. The smallest absolute Gasteiger partial charge is 0.251 e. The molecule has 2 aromatic rings. The lowest BCUT2D eigenvalue weighted by atomic mass is 10.1. The van der Waals surface area contributed by atoms with Gasteiger partial charge in [0.25, 0.3) is 5.91 Å². The molecule has 1 aliphatic carbocycles. The molecule has 0 bridgehead atoms. The standard InChI is InChI=1S/C17H17ClN2O/c1-19-17(21)12-6-8-14(18)16(10-12)20-15-9-7-11-4-2-3-5-13(11)15/h2-6,8,10,15,20H,7,9H2,1H3,(H,19,21). The third-order valence-corrected chi connectivity index (χ3v) is 4.25. The van der Waals surface area contributed by atoms with Crippen LogP contribution in [0.1, 0.15) is 33.9 Å². The van der Waals surface area contributed by atoms with Gasteiger partial charge < -0.3 is 10.6 Å². The van der Waals surface area contributed by atoms with Crippen LogP contribution in [0.5, 0.6) is 0 Å². The van der Waals surface area contributed by atoms with Crippen LogP contribution in [-0.2, 0) is 6.42 Å². The van der Waals surface area contributed by atoms with Crippen molar-refractivity contribution >= 4 is 23.2 Å². The number of halogens is 1. The highest BCUT2D eigenvalue weighted by Crippen LogP contribution is 2.35. The second-order valence-electron chi connectivity index (χ2n) is 5.21. The maximum Gasteiger partial charge on any atom is 0.251 e. The number of amides is 1. The number of carbonyl (C=O) groups is 1. The number of carbonyl (C=O) groups excluding carboxylic acids is 1. The van der Waals surface area contributed by atoms with Crippen molar-refractivity contribution in [2.24, 2.45) is 0 Å². The zero-order chi connectivity index (χ0) is 14.8. The van der Waals surface area contributed by atoms with Gasteiger partial charge in [-0.2, -0.15) is 0 Å². The predicted octanol–water partition coefficient (Wildman–Crippen LogP) is 3.80. The van der Waals surface area contributed by atoms with Crippen LogP contribution in [0.4, 0.5) is 5.69 Å². The number of benzene rings is 2. The topological polar surface area (TPSA) is 41.1 Å². The Morgan fingerprint density at radius 1 is 1.24 bits per heavy atom. The Hall–Kier alpha value is -2.00. The molecule has 0 aromatic heterocycles. The maximum absolute atomic E-state index is 11.7. The molecule has 0 saturated heterocycles. The number of aryl methyl sites for hydroxylation is 1. The second kappa shape index (κ2) is 5.78. The largest absolute Gasteiger partial charge is 0.377 e. The van der Waals surface area contributed by atoms with Gasteiger partial charge in [0.15, 0.2) is 0 Å². The van der Waals surface area contributed by atoms with E-state index in [1.807, 2.05) is 6.07 Å². The molecule has 21 heavy (non-hydrogen) atoms. The average molecular weight is 301 g/mol. The van der Waals surface area contributed by atoms with Gasteiger partial charge in [0.05, 0.1) is 16.8 Å². The van der Waals surface area contributed by atoms with Crippen molar-refractivity contribution in [3.8, 4) is 0 Å². The molecule has 1 amide bonds. The number of hydrogen-bond acceptors (Lipinski definition) is 2. The Morgan fingerprint density at radius 2 is 2.05 bits per heavy atom. The molecule has 0 radical (unpaired) electrons. The average Bonchev–Trinajstić information content (AvgIpc) is 2.92. The third-order valence-electron chi connectivity index (χ3n) is 3.92. The van der Waals surface area contributed by atoms with Gasteiger partial charge in [-0.3, -0.25) is 4.79 Å². The molecule has 0 saturated carbocycles. The van der Waals surface area contributed by atoms with E-state index in [0.717, 1.165) is 18.5 Å². The van der Waals surface area contributed by atoms with E-state index in [0.29, 0.717) is 10.6 Å². The molecule has 1 atom stereocenters. The summed E-state index contributed by atoms with van der Waals surface area (Å²) in [7, 11) is 1.62. The highest BCUT2D eigenvalue weighted by molar-refractivity contribution is 6.33. The summed E-state index contributed by atoms with van der Waals surface area (Å²) in [5.74, 6) is -0.110. The van der Waals surface area contributed by atoms with Gasteiger partial charge in [-0.1, -0.05) is 35.9 Å². The SMILES string of the molecule is CNC(=O)c1ccc(Cl)c(NC2CCc3ccccc32)c1. The zero-order valence-corrected chi connectivity index (χ0v) is 12.6. The van der Waals surface area contributed by atoms with E-state index >= 15 is 0 Å². The minimum absolute atomic E-state index is 0.110. The first-order chi connectivity index (χ1) is 10.2. The summed E-state index contributed by atoms with van der Waals surface area (Å²) in [5, 5.41) is 6.73. The Morgan fingerprint density at radius 3 is 2.86 bits per heavy atom. The Kier molecular flexibility index (Phi) is 3.84. The van der Waals surface area contributed by atoms with Crippen LogP contribution < -0.4 is 10.6 Å². The number of rotatable bonds is 3. The Labute approximate surface area is 129 Å². The van der Waals surface area contributed by atoms with Gasteiger partial charge in [-0.25, -0.2) is 0 Å². The summed E-state index contributed by atoms with van der Waals surface area (Å²) < 4.78 is 0. The molecule has 0 heterocycles. The second-order valence-corrected chi connectivity index (χ2v) is 5.62. The van der Waals surface area contributed by atoms with Crippen molar-refractivity contribution in [3.63, 3.8) is 0 Å². The van der Waals surface area contributed by atoms with E-state index in [4.69, 9.17) is 11.6 Å². The minimum Gasteiger partial charge on any atom is -0.377 e. The summed E-state index contributed by atoms with van der Waals surface area (Å²) in [5.41, 5.74) is 4.11.